The number of carbonyl (C=O) groups is 2. The number of hydrogen-bond donors (Lipinski definition) is 2. The highest BCUT2D eigenvalue weighted by Gasteiger charge is 2.40. The normalized spacial score (nSPS) is 18.0. The minimum absolute atomic E-state index is 0.210. The van der Waals surface area contributed by atoms with E-state index >= 15 is 0 Å². The Labute approximate surface area is 180 Å². The Morgan fingerprint density at radius 1 is 1.03 bits per heavy atom. The van der Waals surface area contributed by atoms with E-state index in [0.717, 1.165) is 16.7 Å². The van der Waals surface area contributed by atoms with Crippen LogP contribution in [0.1, 0.15) is 22.6 Å². The van der Waals surface area contributed by atoms with Crippen LogP contribution in [0.3, 0.4) is 0 Å². The Morgan fingerprint density at radius 2 is 1.77 bits per heavy atom. The number of hydrazone groups is 1. The fourth-order valence-electron chi connectivity index (χ4n) is 3.60. The molecule has 1 saturated heterocycles. The van der Waals surface area contributed by atoms with E-state index in [-0.39, 0.29) is 11.8 Å². The molecule has 0 saturated carbocycles. The van der Waals surface area contributed by atoms with Crippen LogP contribution in [-0.2, 0) is 16.2 Å². The zero-order chi connectivity index (χ0) is 21.5. The van der Waals surface area contributed by atoms with Crippen molar-refractivity contribution < 1.29 is 14.3 Å². The lowest BCUT2D eigenvalue weighted by molar-refractivity contribution is -0.133. The third-order valence-electron chi connectivity index (χ3n) is 5.19. The van der Waals surface area contributed by atoms with Gasteiger partial charge >= 0.3 is 0 Å². The number of rotatable bonds is 7. The van der Waals surface area contributed by atoms with Crippen LogP contribution in [0, 0.1) is 5.92 Å². The Kier molecular flexibility index (Phi) is 6.38. The quantitative estimate of drug-likeness (QED) is 0.355. The summed E-state index contributed by atoms with van der Waals surface area (Å²) in [5.41, 5.74) is 5.32. The van der Waals surface area contributed by atoms with Crippen molar-refractivity contribution in [2.75, 3.05) is 6.54 Å². The molecule has 2 amide bonds. The highest BCUT2D eigenvalue weighted by atomic mass is 16.5. The topological polar surface area (TPSA) is 79.8 Å². The van der Waals surface area contributed by atoms with Crippen molar-refractivity contribution in [3.63, 3.8) is 0 Å². The van der Waals surface area contributed by atoms with Crippen LogP contribution >= 0.6 is 0 Å². The Balaban J connectivity index is 1.36. The van der Waals surface area contributed by atoms with Gasteiger partial charge in [0.1, 0.15) is 18.3 Å². The number of carbonyl (C=O) groups excluding carboxylic acids is 2. The van der Waals surface area contributed by atoms with Gasteiger partial charge in [-0.25, -0.2) is 5.43 Å². The van der Waals surface area contributed by atoms with Crippen LogP contribution in [0.5, 0.6) is 5.75 Å². The fraction of sp³-hybridized carbons (Fsp3) is 0.160. The van der Waals surface area contributed by atoms with E-state index in [1.165, 1.54) is 6.21 Å². The molecule has 6 heteroatoms. The highest BCUT2D eigenvalue weighted by Crippen LogP contribution is 2.29. The first-order chi connectivity index (χ1) is 15.2. The van der Waals surface area contributed by atoms with Gasteiger partial charge in [0, 0.05) is 12.5 Å². The number of hydrogen-bond acceptors (Lipinski definition) is 4. The summed E-state index contributed by atoms with van der Waals surface area (Å²) in [6.07, 6.45) is 1.54. The van der Waals surface area contributed by atoms with Gasteiger partial charge in [0.2, 0.25) is 5.91 Å². The van der Waals surface area contributed by atoms with Crippen LogP contribution in [0.4, 0.5) is 0 Å². The second-order valence-corrected chi connectivity index (χ2v) is 7.32. The molecule has 1 fully saturated rings. The van der Waals surface area contributed by atoms with Crippen molar-refractivity contribution in [3.8, 4) is 5.75 Å². The van der Waals surface area contributed by atoms with E-state index in [1.807, 2.05) is 84.9 Å². The molecule has 0 bridgehead atoms. The Bertz CT molecular complexity index is 1070. The van der Waals surface area contributed by atoms with E-state index in [1.54, 1.807) is 0 Å². The number of benzene rings is 3. The molecule has 1 aliphatic rings. The van der Waals surface area contributed by atoms with Crippen molar-refractivity contribution in [1.29, 1.82) is 0 Å². The van der Waals surface area contributed by atoms with Gasteiger partial charge in [-0.1, -0.05) is 72.8 Å². The number of nitrogens with zero attached hydrogens (tertiary/aromatic N) is 1. The van der Waals surface area contributed by atoms with Gasteiger partial charge in [0.15, 0.2) is 0 Å². The molecule has 1 aliphatic heterocycles. The standard InChI is InChI=1S/C25H23N3O3/c29-24-23(22(16-26-24)20-11-5-2-6-12-20)25(30)28-27-15-19-10-7-13-21(14-19)31-17-18-8-3-1-4-9-18/h1-15,22-23H,16-17H2,(H,26,29)(H,28,30)/t22-,23+/m1/s1. The zero-order valence-corrected chi connectivity index (χ0v) is 16.9. The van der Waals surface area contributed by atoms with Crippen molar-refractivity contribution in [1.82, 2.24) is 10.7 Å². The molecule has 3 aromatic rings. The van der Waals surface area contributed by atoms with E-state index in [4.69, 9.17) is 4.74 Å². The summed E-state index contributed by atoms with van der Waals surface area (Å²) >= 11 is 0. The molecular formula is C25H23N3O3. The third-order valence-corrected chi connectivity index (χ3v) is 5.19. The second-order valence-electron chi connectivity index (χ2n) is 7.32. The molecule has 0 spiro atoms. The van der Waals surface area contributed by atoms with Crippen molar-refractivity contribution in [2.24, 2.45) is 11.0 Å². The van der Waals surface area contributed by atoms with Gasteiger partial charge in [-0.2, -0.15) is 5.10 Å². The molecule has 156 valence electrons. The molecule has 1 heterocycles. The Hall–Kier alpha value is -3.93. The van der Waals surface area contributed by atoms with Gasteiger partial charge in [-0.05, 0) is 28.8 Å². The molecule has 0 aromatic heterocycles. The van der Waals surface area contributed by atoms with Gasteiger partial charge < -0.3 is 10.1 Å². The first kappa shape index (κ1) is 20.3. The Morgan fingerprint density at radius 3 is 2.55 bits per heavy atom. The molecule has 3 aromatic carbocycles. The maximum atomic E-state index is 12.6. The average molecular weight is 413 g/mol. The summed E-state index contributed by atoms with van der Waals surface area (Å²) in [5.74, 6) is -1.01. The van der Waals surface area contributed by atoms with Crippen LogP contribution in [0.2, 0.25) is 0 Å². The lowest BCUT2D eigenvalue weighted by Crippen LogP contribution is -2.34. The summed E-state index contributed by atoms with van der Waals surface area (Å²) in [4.78, 5) is 24.9. The number of nitrogens with one attached hydrogen (secondary N) is 2. The van der Waals surface area contributed by atoms with Crippen LogP contribution in [0.25, 0.3) is 0 Å². The third kappa shape index (κ3) is 5.17. The van der Waals surface area contributed by atoms with Gasteiger partial charge in [-0.3, -0.25) is 9.59 Å². The lowest BCUT2D eigenvalue weighted by Gasteiger charge is -2.15. The zero-order valence-electron chi connectivity index (χ0n) is 16.9. The summed E-state index contributed by atoms with van der Waals surface area (Å²) in [6, 6.07) is 26.9. The van der Waals surface area contributed by atoms with E-state index in [2.05, 4.69) is 15.8 Å². The summed E-state index contributed by atoms with van der Waals surface area (Å²) in [5, 5.41) is 6.82. The smallest absolute Gasteiger partial charge is 0.253 e. The number of ether oxygens (including phenoxy) is 1. The van der Waals surface area contributed by atoms with Crippen molar-refractivity contribution in [3.05, 3.63) is 102 Å². The molecular weight excluding hydrogens is 390 g/mol. The van der Waals surface area contributed by atoms with E-state index in [0.29, 0.717) is 18.9 Å². The average Bonchev–Trinajstić information content (AvgIpc) is 3.21. The van der Waals surface area contributed by atoms with Crippen molar-refractivity contribution >= 4 is 18.0 Å². The first-order valence-electron chi connectivity index (χ1n) is 10.1. The van der Waals surface area contributed by atoms with Gasteiger partial charge in [0.05, 0.1) is 6.21 Å². The van der Waals surface area contributed by atoms with Crippen LogP contribution in [0.15, 0.2) is 90.0 Å². The molecule has 31 heavy (non-hydrogen) atoms. The minimum Gasteiger partial charge on any atom is -0.489 e. The van der Waals surface area contributed by atoms with E-state index in [9.17, 15) is 9.59 Å². The molecule has 0 aliphatic carbocycles. The van der Waals surface area contributed by atoms with Crippen molar-refractivity contribution in [2.45, 2.75) is 12.5 Å². The maximum Gasteiger partial charge on any atom is 0.253 e. The minimum atomic E-state index is -0.805. The summed E-state index contributed by atoms with van der Waals surface area (Å²) in [6.45, 7) is 0.904. The van der Waals surface area contributed by atoms with Gasteiger partial charge in [-0.15, -0.1) is 0 Å². The fourth-order valence-corrected chi connectivity index (χ4v) is 3.60. The predicted octanol–water partition coefficient (Wildman–Crippen LogP) is 3.25. The molecule has 6 nitrogen and oxygen atoms in total. The van der Waals surface area contributed by atoms with Crippen LogP contribution < -0.4 is 15.5 Å². The largest absolute Gasteiger partial charge is 0.489 e. The number of amides is 2. The first-order valence-corrected chi connectivity index (χ1v) is 10.1. The molecule has 2 N–H and O–H groups in total. The molecule has 0 unspecified atom stereocenters. The predicted molar refractivity (Wildman–Crippen MR) is 119 cm³/mol. The van der Waals surface area contributed by atoms with Gasteiger partial charge in [0.25, 0.3) is 5.91 Å². The second kappa shape index (κ2) is 9.71. The molecule has 4 rings (SSSR count). The molecule has 2 atom stereocenters. The lowest BCUT2D eigenvalue weighted by atomic mass is 9.88. The maximum absolute atomic E-state index is 12.6. The SMILES string of the molecule is O=C1NC[C@H](c2ccccc2)[C@@H]1C(=O)NN=Cc1cccc(OCc2ccccc2)c1. The summed E-state index contributed by atoms with van der Waals surface area (Å²) in [7, 11) is 0. The molecule has 0 radical (unpaired) electrons. The highest BCUT2D eigenvalue weighted by molar-refractivity contribution is 6.03. The van der Waals surface area contributed by atoms with Crippen LogP contribution in [-0.4, -0.2) is 24.6 Å². The monoisotopic (exact) mass is 413 g/mol. The summed E-state index contributed by atoms with van der Waals surface area (Å²) < 4.78 is 5.82. The van der Waals surface area contributed by atoms with E-state index < -0.39 is 11.8 Å².